The first-order valence-corrected chi connectivity index (χ1v) is 6.68. The molecule has 17 heavy (non-hydrogen) atoms. The predicted molar refractivity (Wildman–Crippen MR) is 70.6 cm³/mol. The molecule has 0 fully saturated rings. The monoisotopic (exact) mass is 248 g/mol. The maximum Gasteiger partial charge on any atom is 0.119 e. The highest BCUT2D eigenvalue weighted by molar-refractivity contribution is 7.07. The van der Waals surface area contributed by atoms with E-state index in [0.29, 0.717) is 6.61 Å². The fraction of sp³-hybridized carbons (Fsp3) is 0.286. The van der Waals surface area contributed by atoms with Gasteiger partial charge >= 0.3 is 0 Å². The second kappa shape index (κ2) is 5.84. The summed E-state index contributed by atoms with van der Waals surface area (Å²) < 4.78 is 5.55. The Bertz CT molecular complexity index is 451. The molecule has 0 aliphatic heterocycles. The Kier molecular flexibility index (Phi) is 4.18. The summed E-state index contributed by atoms with van der Waals surface area (Å²) in [6.45, 7) is 2.78. The van der Waals surface area contributed by atoms with Gasteiger partial charge in [-0.05, 0) is 46.5 Å². The van der Waals surface area contributed by atoms with E-state index >= 15 is 0 Å². The lowest BCUT2D eigenvalue weighted by Gasteiger charge is -2.11. The molecule has 0 aliphatic rings. The van der Waals surface area contributed by atoms with Gasteiger partial charge < -0.3 is 9.84 Å². The van der Waals surface area contributed by atoms with E-state index in [9.17, 15) is 5.11 Å². The van der Waals surface area contributed by atoms with Crippen molar-refractivity contribution in [1.82, 2.24) is 0 Å². The molecule has 1 aromatic carbocycles. The normalized spacial score (nSPS) is 12.4. The van der Waals surface area contributed by atoms with Crippen LogP contribution in [0.4, 0.5) is 0 Å². The average Bonchev–Trinajstić information content (AvgIpc) is 2.89. The van der Waals surface area contributed by atoms with Gasteiger partial charge in [-0.2, -0.15) is 11.3 Å². The molecular formula is C14H16O2S. The molecule has 1 unspecified atom stereocenters. The number of aliphatic hydroxyl groups is 1. The Morgan fingerprint density at radius 2 is 2.18 bits per heavy atom. The van der Waals surface area contributed by atoms with Crippen LogP contribution in [0.2, 0.25) is 0 Å². The molecule has 2 rings (SSSR count). The second-order valence-corrected chi connectivity index (χ2v) is 4.66. The van der Waals surface area contributed by atoms with E-state index in [2.05, 4.69) is 6.92 Å². The molecular weight excluding hydrogens is 232 g/mol. The molecule has 0 aliphatic carbocycles. The fourth-order valence-corrected chi connectivity index (χ4v) is 2.30. The number of benzene rings is 1. The molecule has 90 valence electrons. The zero-order chi connectivity index (χ0) is 12.1. The van der Waals surface area contributed by atoms with Gasteiger partial charge in [0, 0.05) is 0 Å². The van der Waals surface area contributed by atoms with E-state index < -0.39 is 6.10 Å². The number of hydrogen-bond donors (Lipinski definition) is 1. The average molecular weight is 248 g/mol. The summed E-state index contributed by atoms with van der Waals surface area (Å²) in [5.74, 6) is 0.818. The van der Waals surface area contributed by atoms with Crippen molar-refractivity contribution < 1.29 is 9.84 Å². The highest BCUT2D eigenvalue weighted by Gasteiger charge is 2.11. The Balaban J connectivity index is 2.15. The third-order valence-corrected chi connectivity index (χ3v) is 3.21. The number of aliphatic hydroxyl groups excluding tert-OH is 1. The molecule has 0 saturated carbocycles. The van der Waals surface area contributed by atoms with Gasteiger partial charge in [-0.25, -0.2) is 0 Å². The zero-order valence-corrected chi connectivity index (χ0v) is 10.6. The SMILES string of the molecule is CCCOc1cccc(C(O)c2ccsc2)c1. The van der Waals surface area contributed by atoms with Gasteiger partial charge in [-0.3, -0.25) is 0 Å². The van der Waals surface area contributed by atoms with Gasteiger partial charge in [0.2, 0.25) is 0 Å². The van der Waals surface area contributed by atoms with Crippen molar-refractivity contribution in [2.24, 2.45) is 0 Å². The Hall–Kier alpha value is -1.32. The summed E-state index contributed by atoms with van der Waals surface area (Å²) >= 11 is 1.59. The summed E-state index contributed by atoms with van der Waals surface area (Å²) in [4.78, 5) is 0. The number of hydrogen-bond acceptors (Lipinski definition) is 3. The van der Waals surface area contributed by atoms with Crippen molar-refractivity contribution in [3.8, 4) is 5.75 Å². The second-order valence-electron chi connectivity index (χ2n) is 3.88. The smallest absolute Gasteiger partial charge is 0.119 e. The molecule has 2 nitrogen and oxygen atoms in total. The molecule has 0 radical (unpaired) electrons. The van der Waals surface area contributed by atoms with Gasteiger partial charge in [-0.1, -0.05) is 19.1 Å². The van der Waals surface area contributed by atoms with Crippen LogP contribution in [0, 0.1) is 0 Å². The van der Waals surface area contributed by atoms with E-state index in [4.69, 9.17) is 4.74 Å². The minimum Gasteiger partial charge on any atom is -0.494 e. The molecule has 1 aromatic heterocycles. The lowest BCUT2D eigenvalue weighted by atomic mass is 10.0. The van der Waals surface area contributed by atoms with Crippen molar-refractivity contribution in [3.05, 3.63) is 52.2 Å². The standard InChI is InChI=1S/C14H16O2S/c1-2-7-16-13-5-3-4-11(9-13)14(15)12-6-8-17-10-12/h3-6,8-10,14-15H,2,7H2,1H3. The fourth-order valence-electron chi connectivity index (χ4n) is 1.62. The molecule has 1 heterocycles. The zero-order valence-electron chi connectivity index (χ0n) is 9.80. The van der Waals surface area contributed by atoms with Crippen molar-refractivity contribution >= 4 is 11.3 Å². The highest BCUT2D eigenvalue weighted by atomic mass is 32.1. The summed E-state index contributed by atoms with van der Waals surface area (Å²) in [6.07, 6.45) is 0.420. The first-order valence-electron chi connectivity index (χ1n) is 5.74. The van der Waals surface area contributed by atoms with Crippen LogP contribution in [0.5, 0.6) is 5.75 Å². The summed E-state index contributed by atoms with van der Waals surface area (Å²) in [5.41, 5.74) is 1.81. The van der Waals surface area contributed by atoms with Crippen LogP contribution in [-0.2, 0) is 0 Å². The summed E-state index contributed by atoms with van der Waals surface area (Å²) in [6, 6.07) is 9.59. The number of thiophene rings is 1. The minimum atomic E-state index is -0.563. The predicted octanol–water partition coefficient (Wildman–Crippen LogP) is 3.62. The molecule has 1 N–H and O–H groups in total. The van der Waals surface area contributed by atoms with E-state index in [0.717, 1.165) is 23.3 Å². The van der Waals surface area contributed by atoms with Crippen LogP contribution >= 0.6 is 11.3 Å². The molecule has 2 aromatic rings. The molecule has 0 saturated heterocycles. The van der Waals surface area contributed by atoms with Crippen LogP contribution in [0.15, 0.2) is 41.1 Å². The molecule has 0 spiro atoms. The first kappa shape index (κ1) is 12.1. The lowest BCUT2D eigenvalue weighted by Crippen LogP contribution is -2.00. The maximum absolute atomic E-state index is 10.2. The van der Waals surface area contributed by atoms with Gasteiger partial charge in [0.05, 0.1) is 6.61 Å². The van der Waals surface area contributed by atoms with Crippen LogP contribution in [-0.4, -0.2) is 11.7 Å². The Labute approximate surface area is 105 Å². The molecule has 0 bridgehead atoms. The summed E-state index contributed by atoms with van der Waals surface area (Å²) in [5, 5.41) is 14.1. The largest absolute Gasteiger partial charge is 0.494 e. The minimum absolute atomic E-state index is 0.563. The van der Waals surface area contributed by atoms with Gasteiger partial charge in [0.25, 0.3) is 0 Å². The first-order chi connectivity index (χ1) is 8.31. The van der Waals surface area contributed by atoms with Crippen molar-refractivity contribution in [2.45, 2.75) is 19.4 Å². The lowest BCUT2D eigenvalue weighted by molar-refractivity contribution is 0.220. The maximum atomic E-state index is 10.2. The summed E-state index contributed by atoms with van der Waals surface area (Å²) in [7, 11) is 0. The van der Waals surface area contributed by atoms with E-state index in [1.807, 2.05) is 41.1 Å². The van der Waals surface area contributed by atoms with Crippen LogP contribution in [0.3, 0.4) is 0 Å². The number of ether oxygens (including phenoxy) is 1. The number of rotatable bonds is 5. The van der Waals surface area contributed by atoms with Crippen molar-refractivity contribution in [1.29, 1.82) is 0 Å². The van der Waals surface area contributed by atoms with Gasteiger partial charge in [0.1, 0.15) is 11.9 Å². The van der Waals surface area contributed by atoms with Crippen LogP contribution in [0.25, 0.3) is 0 Å². The Morgan fingerprint density at radius 1 is 1.29 bits per heavy atom. The molecule has 3 heteroatoms. The van der Waals surface area contributed by atoms with Crippen LogP contribution < -0.4 is 4.74 Å². The van der Waals surface area contributed by atoms with Crippen molar-refractivity contribution in [3.63, 3.8) is 0 Å². The quantitative estimate of drug-likeness (QED) is 0.875. The van der Waals surface area contributed by atoms with E-state index in [1.165, 1.54) is 0 Å². The van der Waals surface area contributed by atoms with Crippen molar-refractivity contribution in [2.75, 3.05) is 6.61 Å². The topological polar surface area (TPSA) is 29.5 Å². The van der Waals surface area contributed by atoms with E-state index in [-0.39, 0.29) is 0 Å². The Morgan fingerprint density at radius 3 is 2.88 bits per heavy atom. The third-order valence-electron chi connectivity index (χ3n) is 2.51. The van der Waals surface area contributed by atoms with Gasteiger partial charge in [-0.15, -0.1) is 0 Å². The van der Waals surface area contributed by atoms with E-state index in [1.54, 1.807) is 11.3 Å². The van der Waals surface area contributed by atoms with Gasteiger partial charge in [0.15, 0.2) is 0 Å². The third kappa shape index (κ3) is 3.08. The molecule has 0 amide bonds. The van der Waals surface area contributed by atoms with Crippen LogP contribution in [0.1, 0.15) is 30.6 Å². The highest BCUT2D eigenvalue weighted by Crippen LogP contribution is 2.26. The molecule has 1 atom stereocenters.